The molecule has 0 spiro atoms. The minimum absolute atomic E-state index is 0.0936. The van der Waals surface area contributed by atoms with Gasteiger partial charge in [0.15, 0.2) is 0 Å². The van der Waals surface area contributed by atoms with Crippen LogP contribution in [0.4, 0.5) is 0 Å². The van der Waals surface area contributed by atoms with E-state index in [1.807, 2.05) is 72.8 Å². The maximum Gasteiger partial charge on any atom is 0.136 e. The third-order valence-electron chi connectivity index (χ3n) is 3.95. The van der Waals surface area contributed by atoms with Gasteiger partial charge >= 0.3 is 0 Å². The number of hydrogen-bond donors (Lipinski definition) is 0. The molecule has 0 aliphatic heterocycles. The van der Waals surface area contributed by atoms with E-state index in [2.05, 4.69) is 0 Å². The Morgan fingerprint density at radius 3 is 1.35 bits per heavy atom. The normalized spacial score (nSPS) is 9.85. The zero-order valence-corrected chi connectivity index (χ0v) is 15.1. The van der Waals surface area contributed by atoms with Gasteiger partial charge in [0.2, 0.25) is 0 Å². The van der Waals surface area contributed by atoms with Crippen molar-refractivity contribution >= 4 is 34.3 Å². The summed E-state index contributed by atoms with van der Waals surface area (Å²) in [5.74, 6) is 0. The lowest BCUT2D eigenvalue weighted by molar-refractivity contribution is 1.45. The van der Waals surface area contributed by atoms with E-state index in [4.69, 9.17) is 33.7 Å². The monoisotopic (exact) mass is 374 g/mol. The first-order valence-electron chi connectivity index (χ1n) is 7.79. The highest BCUT2D eigenvalue weighted by Crippen LogP contribution is 2.23. The summed E-state index contributed by atoms with van der Waals surface area (Å²) >= 11 is 12.1. The fourth-order valence-corrected chi connectivity index (χ4v) is 2.94. The maximum atomic E-state index is 9.03. The summed E-state index contributed by atoms with van der Waals surface area (Å²) in [4.78, 5) is 0. The van der Waals surface area contributed by atoms with E-state index in [-0.39, 0.29) is 5.57 Å². The summed E-state index contributed by atoms with van der Waals surface area (Å²) in [5.41, 5.74) is 3.12. The highest BCUT2D eigenvalue weighted by molar-refractivity contribution is 6.31. The molecule has 0 aromatic heterocycles. The lowest BCUT2D eigenvalue weighted by atomic mass is 9.95. The van der Waals surface area contributed by atoms with E-state index in [1.165, 1.54) is 0 Å². The molecule has 0 saturated carbocycles. The smallest absolute Gasteiger partial charge is 0.136 e. The molecule has 0 bridgehead atoms. The minimum Gasteiger partial charge on any atom is -0.192 e. The van der Waals surface area contributed by atoms with Gasteiger partial charge in [0.05, 0.1) is 0 Å². The molecule has 26 heavy (non-hydrogen) atoms. The Hall–Kier alpha value is -3.04. The first-order chi connectivity index (χ1) is 12.6. The summed E-state index contributed by atoms with van der Waals surface area (Å²) < 4.78 is 0. The van der Waals surface area contributed by atoms with Crippen LogP contribution in [0.15, 0.2) is 72.8 Å². The van der Waals surface area contributed by atoms with Gasteiger partial charge in [-0.25, -0.2) is 0 Å². The van der Waals surface area contributed by atoms with Gasteiger partial charge in [0, 0.05) is 15.3 Å². The average molecular weight is 375 g/mol. The van der Waals surface area contributed by atoms with Crippen molar-refractivity contribution in [1.29, 1.82) is 10.5 Å². The molecule has 0 fully saturated rings. The van der Waals surface area contributed by atoms with Crippen molar-refractivity contribution in [2.24, 2.45) is 0 Å². The van der Waals surface area contributed by atoms with Crippen LogP contribution in [0.1, 0.15) is 11.1 Å². The molecule has 3 aromatic rings. The van der Waals surface area contributed by atoms with Gasteiger partial charge in [-0.15, -0.1) is 0 Å². The second-order valence-electron chi connectivity index (χ2n) is 5.56. The van der Waals surface area contributed by atoms with Crippen molar-refractivity contribution in [2.75, 3.05) is 0 Å². The van der Waals surface area contributed by atoms with Gasteiger partial charge in [-0.3, -0.25) is 0 Å². The van der Waals surface area contributed by atoms with Crippen molar-refractivity contribution in [1.82, 2.24) is 0 Å². The van der Waals surface area contributed by atoms with Gasteiger partial charge in [-0.2, -0.15) is 10.5 Å². The summed E-state index contributed by atoms with van der Waals surface area (Å²) in [7, 11) is 0. The number of nitrogens with zero attached hydrogens (tertiary/aromatic N) is 2. The molecule has 3 aromatic carbocycles. The Bertz CT molecular complexity index is 1060. The van der Waals surface area contributed by atoms with Crippen molar-refractivity contribution < 1.29 is 0 Å². The summed E-state index contributed by atoms with van der Waals surface area (Å²) in [6.07, 6.45) is 0. The first-order valence-corrected chi connectivity index (χ1v) is 8.55. The van der Waals surface area contributed by atoms with E-state index in [0.717, 1.165) is 21.9 Å². The van der Waals surface area contributed by atoms with Crippen molar-refractivity contribution in [2.45, 2.75) is 0 Å². The lowest BCUT2D eigenvalue weighted by Crippen LogP contribution is -2.13. The highest BCUT2D eigenvalue weighted by Gasteiger charge is 2.07. The molecule has 0 amide bonds. The maximum absolute atomic E-state index is 9.03. The topological polar surface area (TPSA) is 47.6 Å². The quantitative estimate of drug-likeness (QED) is 0.665. The number of hydrogen-bond acceptors (Lipinski definition) is 2. The molecule has 0 heterocycles. The van der Waals surface area contributed by atoms with Gasteiger partial charge < -0.3 is 0 Å². The van der Waals surface area contributed by atoms with Crippen molar-refractivity contribution in [3.05, 3.63) is 104 Å². The standard InChI is InChI=1S/C22H12Cl2N2/c23-20-9-5-17(6-10-20)22(18-7-11-21(24)12-8-18)16-3-1-15(2-4-16)19(13-25)14-26/h1-12H. The fraction of sp³-hybridized carbons (Fsp3) is 0. The number of benzene rings is 3. The average Bonchev–Trinajstić information content (AvgIpc) is 2.67. The molecule has 0 atom stereocenters. The van der Waals surface area contributed by atoms with Crippen LogP contribution in [-0.2, 0) is 0 Å². The van der Waals surface area contributed by atoms with Crippen LogP contribution in [0.25, 0.3) is 11.1 Å². The third-order valence-corrected chi connectivity index (χ3v) is 4.46. The molecular weight excluding hydrogens is 363 g/mol. The van der Waals surface area contributed by atoms with Crippen LogP contribution in [0.3, 0.4) is 0 Å². The predicted octanol–water partition coefficient (Wildman–Crippen LogP) is 4.44. The summed E-state index contributed by atoms with van der Waals surface area (Å²) in [6, 6.07) is 26.4. The highest BCUT2D eigenvalue weighted by atomic mass is 35.5. The molecule has 0 radical (unpaired) electrons. The van der Waals surface area contributed by atoms with Crippen LogP contribution in [0.2, 0.25) is 10.0 Å². The first kappa shape index (κ1) is 17.8. The fourth-order valence-electron chi connectivity index (χ4n) is 2.69. The van der Waals surface area contributed by atoms with Gasteiger partial charge in [0.25, 0.3) is 0 Å². The third kappa shape index (κ3) is 3.79. The van der Waals surface area contributed by atoms with E-state index in [0.29, 0.717) is 15.3 Å². The molecule has 2 nitrogen and oxygen atoms in total. The molecule has 0 aliphatic rings. The second kappa shape index (κ2) is 7.89. The minimum atomic E-state index is 0.0936. The number of halogens is 2. The van der Waals surface area contributed by atoms with Gasteiger partial charge in [-0.1, -0.05) is 71.7 Å². The van der Waals surface area contributed by atoms with E-state index < -0.39 is 0 Å². The predicted molar refractivity (Wildman–Crippen MR) is 105 cm³/mol. The van der Waals surface area contributed by atoms with Gasteiger partial charge in [-0.05, 0) is 46.2 Å². The lowest BCUT2D eigenvalue weighted by Gasteiger charge is -2.09. The van der Waals surface area contributed by atoms with Crippen LogP contribution in [0, 0.1) is 22.7 Å². The Balaban J connectivity index is 2.30. The Labute approximate surface area is 161 Å². The van der Waals surface area contributed by atoms with Crippen molar-refractivity contribution in [3.63, 3.8) is 0 Å². The van der Waals surface area contributed by atoms with Crippen LogP contribution in [0.5, 0.6) is 0 Å². The van der Waals surface area contributed by atoms with Crippen molar-refractivity contribution in [3.8, 4) is 12.1 Å². The Morgan fingerprint density at radius 2 is 0.962 bits per heavy atom. The van der Waals surface area contributed by atoms with E-state index in [1.54, 1.807) is 12.1 Å². The van der Waals surface area contributed by atoms with E-state index in [9.17, 15) is 0 Å². The van der Waals surface area contributed by atoms with Gasteiger partial charge in [0.1, 0.15) is 17.7 Å². The van der Waals surface area contributed by atoms with E-state index >= 15 is 0 Å². The van der Waals surface area contributed by atoms with Crippen LogP contribution >= 0.6 is 23.2 Å². The Kier molecular flexibility index (Phi) is 5.40. The molecule has 0 N–H and O–H groups in total. The molecule has 0 unspecified atom stereocenters. The van der Waals surface area contributed by atoms with Crippen LogP contribution in [-0.4, -0.2) is 0 Å². The zero-order chi connectivity index (χ0) is 18.5. The SMILES string of the molecule is N#CC(C#N)=c1ccc(=C(c2ccc(Cl)cc2)c2ccc(Cl)cc2)cc1. The second-order valence-corrected chi connectivity index (χ2v) is 6.44. The number of nitriles is 2. The molecule has 0 aliphatic carbocycles. The molecular formula is C22H12Cl2N2. The molecule has 4 heteroatoms. The zero-order valence-electron chi connectivity index (χ0n) is 13.6. The molecule has 3 rings (SSSR count). The molecule has 124 valence electrons. The van der Waals surface area contributed by atoms with Crippen LogP contribution < -0.4 is 10.4 Å². The Morgan fingerprint density at radius 1 is 0.577 bits per heavy atom. The summed E-state index contributed by atoms with van der Waals surface area (Å²) in [6.45, 7) is 0. The summed E-state index contributed by atoms with van der Waals surface area (Å²) in [5, 5.41) is 21.0. The molecule has 0 saturated heterocycles. The number of rotatable bonds is 2. The largest absolute Gasteiger partial charge is 0.192 e.